The van der Waals surface area contributed by atoms with Crippen LogP contribution in [0.3, 0.4) is 0 Å². The van der Waals surface area contributed by atoms with Crippen molar-refractivity contribution in [2.24, 2.45) is 0 Å². The number of halogens is 1. The van der Waals surface area contributed by atoms with E-state index < -0.39 is 5.91 Å². The van der Waals surface area contributed by atoms with Crippen LogP contribution >= 0.6 is 22.6 Å². The van der Waals surface area contributed by atoms with Gasteiger partial charge in [0.05, 0.1) is 5.69 Å². The highest BCUT2D eigenvalue weighted by atomic mass is 127. The standard InChI is InChI=1S/C15H11IN2O2/c1-10-6-7-12(20-10)8-11(9-17)15(19)18-14-5-3-2-4-13(14)16/h2-8H,1H3,(H,18,19). The van der Waals surface area contributed by atoms with Crippen LogP contribution in [0, 0.1) is 21.8 Å². The molecule has 1 aromatic heterocycles. The van der Waals surface area contributed by atoms with Crippen molar-refractivity contribution in [2.75, 3.05) is 5.32 Å². The fourth-order valence-electron chi connectivity index (χ4n) is 1.57. The van der Waals surface area contributed by atoms with E-state index in [2.05, 4.69) is 27.9 Å². The van der Waals surface area contributed by atoms with Gasteiger partial charge in [0.1, 0.15) is 23.2 Å². The summed E-state index contributed by atoms with van der Waals surface area (Å²) >= 11 is 2.12. The van der Waals surface area contributed by atoms with Crippen LogP contribution in [-0.4, -0.2) is 5.91 Å². The Morgan fingerprint density at radius 2 is 2.10 bits per heavy atom. The SMILES string of the molecule is Cc1ccc(C=C(C#N)C(=O)Nc2ccccc2I)o1. The molecule has 0 fully saturated rings. The molecule has 0 saturated carbocycles. The number of nitriles is 1. The van der Waals surface area contributed by atoms with Crippen molar-refractivity contribution in [3.8, 4) is 6.07 Å². The Balaban J connectivity index is 2.21. The van der Waals surface area contributed by atoms with E-state index in [9.17, 15) is 4.79 Å². The number of rotatable bonds is 3. The second kappa shape index (κ2) is 6.39. The largest absolute Gasteiger partial charge is 0.462 e. The summed E-state index contributed by atoms with van der Waals surface area (Å²) in [4.78, 5) is 12.1. The Hall–Kier alpha value is -2.07. The number of para-hydroxylation sites is 1. The van der Waals surface area contributed by atoms with Crippen LogP contribution < -0.4 is 5.32 Å². The Morgan fingerprint density at radius 3 is 2.70 bits per heavy atom. The molecule has 1 N–H and O–H groups in total. The first-order chi connectivity index (χ1) is 9.60. The molecular formula is C15H11IN2O2. The van der Waals surface area contributed by atoms with E-state index in [-0.39, 0.29) is 5.57 Å². The van der Waals surface area contributed by atoms with Crippen molar-refractivity contribution in [1.82, 2.24) is 0 Å². The quantitative estimate of drug-likeness (QED) is 0.503. The molecule has 0 spiro atoms. The number of hydrogen-bond acceptors (Lipinski definition) is 3. The van der Waals surface area contributed by atoms with Gasteiger partial charge in [0.2, 0.25) is 0 Å². The molecule has 0 aliphatic rings. The molecule has 0 radical (unpaired) electrons. The van der Waals surface area contributed by atoms with Crippen molar-refractivity contribution >= 4 is 40.3 Å². The fraction of sp³-hybridized carbons (Fsp3) is 0.0667. The Labute approximate surface area is 130 Å². The lowest BCUT2D eigenvalue weighted by Gasteiger charge is -2.05. The number of aryl methyl sites for hydroxylation is 1. The van der Waals surface area contributed by atoms with E-state index in [1.54, 1.807) is 25.1 Å². The summed E-state index contributed by atoms with van der Waals surface area (Å²) in [6, 6.07) is 12.7. The van der Waals surface area contributed by atoms with Gasteiger partial charge >= 0.3 is 0 Å². The number of carbonyl (C=O) groups excluding carboxylic acids is 1. The predicted octanol–water partition coefficient (Wildman–Crippen LogP) is 3.74. The topological polar surface area (TPSA) is 66.0 Å². The number of carbonyl (C=O) groups is 1. The van der Waals surface area contributed by atoms with E-state index in [1.165, 1.54) is 6.08 Å². The number of nitrogens with zero attached hydrogens (tertiary/aromatic N) is 1. The third-order valence-electron chi connectivity index (χ3n) is 2.53. The van der Waals surface area contributed by atoms with Crippen molar-refractivity contribution in [3.05, 3.63) is 57.1 Å². The van der Waals surface area contributed by atoms with Crippen molar-refractivity contribution in [3.63, 3.8) is 0 Å². The number of amides is 1. The first-order valence-electron chi connectivity index (χ1n) is 5.84. The van der Waals surface area contributed by atoms with Gasteiger partial charge in [-0.2, -0.15) is 5.26 Å². The number of benzene rings is 1. The molecule has 0 bridgehead atoms. The lowest BCUT2D eigenvalue weighted by atomic mass is 10.2. The average molecular weight is 378 g/mol. The summed E-state index contributed by atoms with van der Waals surface area (Å²) in [6.07, 6.45) is 1.43. The molecule has 1 aromatic carbocycles. The zero-order chi connectivity index (χ0) is 14.5. The van der Waals surface area contributed by atoms with Crippen LogP contribution in [0.5, 0.6) is 0 Å². The van der Waals surface area contributed by atoms with E-state index in [0.29, 0.717) is 11.4 Å². The molecule has 0 aliphatic carbocycles. The van der Waals surface area contributed by atoms with Gasteiger partial charge in [-0.3, -0.25) is 4.79 Å². The summed E-state index contributed by atoms with van der Waals surface area (Å²) in [5, 5.41) is 11.8. The molecule has 2 aromatic rings. The Morgan fingerprint density at radius 1 is 1.35 bits per heavy atom. The summed E-state index contributed by atoms with van der Waals surface area (Å²) in [6.45, 7) is 1.80. The van der Waals surface area contributed by atoms with Gasteiger partial charge in [-0.05, 0) is 53.8 Å². The molecule has 1 amide bonds. The highest BCUT2D eigenvalue weighted by molar-refractivity contribution is 14.1. The minimum absolute atomic E-state index is 0.000923. The minimum Gasteiger partial charge on any atom is -0.462 e. The zero-order valence-corrected chi connectivity index (χ0v) is 12.8. The molecule has 2 rings (SSSR count). The van der Waals surface area contributed by atoms with Gasteiger partial charge in [-0.25, -0.2) is 0 Å². The average Bonchev–Trinajstić information content (AvgIpc) is 2.84. The van der Waals surface area contributed by atoms with Gasteiger partial charge in [0.25, 0.3) is 5.91 Å². The zero-order valence-electron chi connectivity index (χ0n) is 10.7. The maximum atomic E-state index is 12.1. The lowest BCUT2D eigenvalue weighted by Crippen LogP contribution is -2.14. The first kappa shape index (κ1) is 14.3. The molecule has 5 heteroatoms. The summed E-state index contributed by atoms with van der Waals surface area (Å²) in [5.41, 5.74) is 0.675. The van der Waals surface area contributed by atoms with Gasteiger partial charge in [-0.15, -0.1) is 0 Å². The van der Waals surface area contributed by atoms with Crippen LogP contribution in [-0.2, 0) is 4.79 Å². The highest BCUT2D eigenvalue weighted by Gasteiger charge is 2.11. The maximum Gasteiger partial charge on any atom is 0.266 e. The second-order valence-corrected chi connectivity index (χ2v) is 5.21. The predicted molar refractivity (Wildman–Crippen MR) is 84.8 cm³/mol. The third kappa shape index (κ3) is 3.48. The van der Waals surface area contributed by atoms with Crippen molar-refractivity contribution in [2.45, 2.75) is 6.92 Å². The van der Waals surface area contributed by atoms with Gasteiger partial charge in [0.15, 0.2) is 0 Å². The molecule has 0 unspecified atom stereocenters. The number of hydrogen-bond donors (Lipinski definition) is 1. The van der Waals surface area contributed by atoms with E-state index in [1.807, 2.05) is 24.3 Å². The van der Waals surface area contributed by atoms with E-state index in [4.69, 9.17) is 9.68 Å². The molecule has 0 atom stereocenters. The molecule has 0 saturated heterocycles. The molecular weight excluding hydrogens is 367 g/mol. The first-order valence-corrected chi connectivity index (χ1v) is 6.92. The van der Waals surface area contributed by atoms with Crippen molar-refractivity contribution < 1.29 is 9.21 Å². The molecule has 100 valence electrons. The molecule has 0 aliphatic heterocycles. The molecule has 4 nitrogen and oxygen atoms in total. The molecule has 1 heterocycles. The summed E-state index contributed by atoms with van der Waals surface area (Å²) in [5.74, 6) is 0.759. The second-order valence-electron chi connectivity index (χ2n) is 4.05. The monoisotopic (exact) mass is 378 g/mol. The normalized spacial score (nSPS) is 10.9. The summed E-state index contributed by atoms with van der Waals surface area (Å²) < 4.78 is 6.24. The van der Waals surface area contributed by atoms with Crippen LogP contribution in [0.1, 0.15) is 11.5 Å². The number of anilines is 1. The number of nitrogens with one attached hydrogen (secondary N) is 1. The Kier molecular flexibility index (Phi) is 4.58. The van der Waals surface area contributed by atoms with Crippen LogP contribution in [0.25, 0.3) is 6.08 Å². The lowest BCUT2D eigenvalue weighted by molar-refractivity contribution is -0.112. The maximum absolute atomic E-state index is 12.1. The number of furan rings is 1. The third-order valence-corrected chi connectivity index (χ3v) is 3.48. The smallest absolute Gasteiger partial charge is 0.266 e. The summed E-state index contributed by atoms with van der Waals surface area (Å²) in [7, 11) is 0. The molecule has 20 heavy (non-hydrogen) atoms. The van der Waals surface area contributed by atoms with Gasteiger partial charge in [-0.1, -0.05) is 12.1 Å². The van der Waals surface area contributed by atoms with Crippen molar-refractivity contribution in [1.29, 1.82) is 5.26 Å². The van der Waals surface area contributed by atoms with Crippen LogP contribution in [0.2, 0.25) is 0 Å². The van der Waals surface area contributed by atoms with Crippen LogP contribution in [0.15, 0.2) is 46.4 Å². The Bertz CT molecular complexity index is 711. The minimum atomic E-state index is -0.453. The van der Waals surface area contributed by atoms with Gasteiger partial charge in [0, 0.05) is 9.65 Å². The van der Waals surface area contributed by atoms with E-state index >= 15 is 0 Å². The fourth-order valence-corrected chi connectivity index (χ4v) is 2.10. The van der Waals surface area contributed by atoms with Gasteiger partial charge < -0.3 is 9.73 Å². The van der Waals surface area contributed by atoms with Crippen LogP contribution in [0.4, 0.5) is 5.69 Å². The highest BCUT2D eigenvalue weighted by Crippen LogP contribution is 2.18. The van der Waals surface area contributed by atoms with E-state index in [0.717, 1.165) is 9.33 Å².